The van der Waals surface area contributed by atoms with Gasteiger partial charge in [0.2, 0.25) is 0 Å². The Morgan fingerprint density at radius 1 is 0.509 bits per heavy atom. The molecular weight excluding hydrogens is 855 g/mol. The number of anilines is 2. The second kappa shape index (κ2) is 19.1. The molecule has 0 unspecified atom stereocenters. The predicted octanol–water partition coefficient (Wildman–Crippen LogP) is 1.87. The summed E-state index contributed by atoms with van der Waals surface area (Å²) in [6.45, 7) is 0. The van der Waals surface area contributed by atoms with Crippen molar-refractivity contribution in [1.29, 1.82) is 0 Å². The Morgan fingerprint density at radius 3 is 1.15 bits per heavy atom. The zero-order chi connectivity index (χ0) is 37.8. The molecule has 0 fully saturated rings. The van der Waals surface area contributed by atoms with Gasteiger partial charge < -0.3 is 10.6 Å². The van der Waals surface area contributed by atoms with Crippen molar-refractivity contribution in [2.24, 2.45) is 0 Å². The molecular formula is C28H19N3Na4O16S4. The van der Waals surface area contributed by atoms with E-state index in [1.165, 1.54) is 0 Å². The van der Waals surface area contributed by atoms with Crippen LogP contribution >= 0.6 is 0 Å². The molecule has 0 aliphatic carbocycles. The van der Waals surface area contributed by atoms with Crippen molar-refractivity contribution < 1.29 is 66.4 Å². The van der Waals surface area contributed by atoms with Crippen LogP contribution in [-0.4, -0.2) is 187 Å². The maximum atomic E-state index is 13.2. The summed E-state index contributed by atoms with van der Waals surface area (Å²) in [4.78, 5) is 33.6. The van der Waals surface area contributed by atoms with Gasteiger partial charge >= 0.3 is 0 Å². The fourth-order valence-corrected chi connectivity index (χ4v) is 7.60. The number of amides is 2. The second-order valence-electron chi connectivity index (χ2n) is 10.5. The largest absolute Gasteiger partial charge is 0.322 e. The molecule has 4 radical (unpaired) electrons. The number of carbonyl (C=O) groups is 2. The molecule has 5 rings (SSSR count). The number of carbonyl (C=O) groups excluding carboxylic acids is 2. The van der Waals surface area contributed by atoms with Gasteiger partial charge in [-0.3, -0.25) is 37.9 Å². The van der Waals surface area contributed by atoms with Gasteiger partial charge in [-0.1, -0.05) is 12.1 Å². The Kier molecular flexibility index (Phi) is 17.9. The molecule has 5 aromatic carbocycles. The van der Waals surface area contributed by atoms with Gasteiger partial charge in [-0.2, -0.15) is 33.7 Å². The van der Waals surface area contributed by atoms with E-state index in [0.29, 0.717) is 12.1 Å². The maximum absolute atomic E-state index is 13.2. The third-order valence-electron chi connectivity index (χ3n) is 7.10. The van der Waals surface area contributed by atoms with Crippen molar-refractivity contribution in [3.8, 4) is 0 Å². The molecule has 0 saturated heterocycles. The second-order valence-corrected chi connectivity index (χ2v) is 16.2. The fourth-order valence-electron chi connectivity index (χ4n) is 4.88. The summed E-state index contributed by atoms with van der Waals surface area (Å²) in [6, 6.07) is 11.9. The van der Waals surface area contributed by atoms with E-state index in [9.17, 15) is 71.6 Å². The monoisotopic (exact) mass is 873 g/mol. The number of hydrogen-bond acceptors (Lipinski definition) is 12. The molecule has 5 aromatic rings. The van der Waals surface area contributed by atoms with Crippen LogP contribution in [0.4, 0.5) is 17.1 Å². The van der Waals surface area contributed by atoms with Crippen molar-refractivity contribution >= 4 is 209 Å². The van der Waals surface area contributed by atoms with Crippen LogP contribution in [0, 0.1) is 10.1 Å². The van der Waals surface area contributed by atoms with Crippen LogP contribution in [0.2, 0.25) is 0 Å². The van der Waals surface area contributed by atoms with Gasteiger partial charge in [0.05, 0.1) is 14.7 Å². The van der Waals surface area contributed by atoms with E-state index in [4.69, 9.17) is 0 Å². The van der Waals surface area contributed by atoms with Crippen LogP contribution in [0.25, 0.3) is 21.5 Å². The van der Waals surface area contributed by atoms with Crippen molar-refractivity contribution in [1.82, 2.24) is 0 Å². The smallest absolute Gasteiger partial charge is 0.295 e. The molecule has 0 spiro atoms. The van der Waals surface area contributed by atoms with Gasteiger partial charge in [0.25, 0.3) is 58.0 Å². The van der Waals surface area contributed by atoms with Crippen molar-refractivity contribution in [3.05, 3.63) is 100 Å². The molecule has 6 N–H and O–H groups in total. The number of hydrogen-bond donors (Lipinski definition) is 6. The van der Waals surface area contributed by atoms with Gasteiger partial charge in [-0.15, -0.1) is 0 Å². The van der Waals surface area contributed by atoms with Crippen molar-refractivity contribution in [3.63, 3.8) is 0 Å². The van der Waals surface area contributed by atoms with Gasteiger partial charge in [0.15, 0.2) is 0 Å². The van der Waals surface area contributed by atoms with Crippen molar-refractivity contribution in [2.45, 2.75) is 19.6 Å². The maximum Gasteiger partial charge on any atom is 0.295 e. The molecule has 0 heterocycles. The minimum Gasteiger partial charge on any atom is -0.322 e. The predicted molar refractivity (Wildman–Crippen MR) is 199 cm³/mol. The minimum absolute atomic E-state index is 0. The number of nitrogens with zero attached hydrogens (tertiary/aromatic N) is 1. The molecule has 0 bridgehead atoms. The van der Waals surface area contributed by atoms with Gasteiger partial charge in [0, 0.05) is 164 Å². The zero-order valence-electron chi connectivity index (χ0n) is 28.8. The number of rotatable bonds is 9. The first-order valence-electron chi connectivity index (χ1n) is 13.4. The zero-order valence-corrected chi connectivity index (χ0v) is 40.0. The first-order chi connectivity index (χ1) is 23.4. The standard InChI is InChI=1S/C28H19N3O16S4.4Na/c32-27(29-18-1-3-23-14(6-18)10-21(48(36,37)38)12-25(23)50(42,43)44)16-5-17(9-20(8-16)31(34)35)28(33)30-19-2-4-24-15(7-19)11-22(49(39,40)41)13-26(24)51(45,46)47;;;;/h1-13H,(H,29,32)(H,30,33)(H,36,37,38)(H,39,40,41)(H,42,43,44)(H,45,46,47);;;;. The third kappa shape index (κ3) is 12.3. The molecule has 2 amide bonds. The van der Waals surface area contributed by atoms with E-state index < -0.39 is 93.6 Å². The van der Waals surface area contributed by atoms with Crippen LogP contribution in [0.15, 0.2) is 98.4 Å². The quantitative estimate of drug-likeness (QED) is 0.0533. The topological polar surface area (TPSA) is 319 Å². The Labute approximate surface area is 400 Å². The van der Waals surface area contributed by atoms with Gasteiger partial charge in [-0.25, -0.2) is 0 Å². The van der Waals surface area contributed by atoms with Crippen molar-refractivity contribution in [2.75, 3.05) is 10.6 Å². The third-order valence-corrected chi connectivity index (χ3v) is 10.5. The minimum atomic E-state index is -5.00. The molecule has 270 valence electrons. The summed E-state index contributed by atoms with van der Waals surface area (Å²) in [6.07, 6.45) is 0. The van der Waals surface area contributed by atoms with E-state index >= 15 is 0 Å². The van der Waals surface area contributed by atoms with Crippen LogP contribution in [0.1, 0.15) is 20.7 Å². The van der Waals surface area contributed by atoms with Crippen LogP contribution in [0.5, 0.6) is 0 Å². The number of non-ortho nitro benzene ring substituents is 1. The summed E-state index contributed by atoms with van der Waals surface area (Å²) in [5.41, 5.74) is -1.87. The molecule has 27 heteroatoms. The summed E-state index contributed by atoms with van der Waals surface area (Å²) in [5, 5.41) is 15.6. The Balaban J connectivity index is 0.00000378. The molecule has 19 nitrogen and oxygen atoms in total. The van der Waals surface area contributed by atoms with Gasteiger partial charge in [-0.05, 0) is 65.4 Å². The number of nitro groups is 1. The molecule has 0 aliphatic heterocycles. The van der Waals surface area contributed by atoms with E-state index in [1.54, 1.807) is 0 Å². The SMILES string of the molecule is O=C(Nc1ccc2c(S(=O)(=O)O)cc(S(=O)(=O)O)cc2c1)c1cc(C(=O)Nc2ccc3c(S(=O)(=O)O)cc(S(=O)(=O)O)cc3c2)cc([N+](=O)[O-])c1.[Na].[Na].[Na].[Na]. The summed E-state index contributed by atoms with van der Waals surface area (Å²) in [5.74, 6) is -2.09. The van der Waals surface area contributed by atoms with E-state index in [0.717, 1.165) is 66.7 Å². The number of fused-ring (bicyclic) bond motifs is 2. The molecule has 55 heavy (non-hydrogen) atoms. The molecule has 0 aliphatic rings. The first-order valence-corrected chi connectivity index (χ1v) is 19.2. The van der Waals surface area contributed by atoms with Gasteiger partial charge in [0.1, 0.15) is 9.79 Å². The Bertz CT molecular complexity index is 2660. The first kappa shape index (κ1) is 51.6. The molecule has 0 saturated carbocycles. The summed E-state index contributed by atoms with van der Waals surface area (Å²) < 4.78 is 132. The Hall–Kier alpha value is -1.40. The number of benzene rings is 5. The van der Waals surface area contributed by atoms with Crippen LogP contribution < -0.4 is 10.6 Å². The fraction of sp³-hybridized carbons (Fsp3) is 0. The summed E-state index contributed by atoms with van der Waals surface area (Å²) in [7, 11) is -19.9. The Morgan fingerprint density at radius 2 is 0.855 bits per heavy atom. The number of nitro benzene ring substituents is 1. The van der Waals surface area contributed by atoms with E-state index in [2.05, 4.69) is 10.6 Å². The number of nitrogens with one attached hydrogen (secondary N) is 2. The summed E-state index contributed by atoms with van der Waals surface area (Å²) >= 11 is 0. The normalized spacial score (nSPS) is 11.6. The van der Waals surface area contributed by atoms with E-state index in [1.807, 2.05) is 0 Å². The average molecular weight is 874 g/mol. The van der Waals surface area contributed by atoms with Crippen LogP contribution in [-0.2, 0) is 40.5 Å². The molecule has 0 aromatic heterocycles. The van der Waals surface area contributed by atoms with Crippen LogP contribution in [0.3, 0.4) is 0 Å². The molecule has 0 atom stereocenters. The average Bonchev–Trinajstić information content (AvgIpc) is 3.01. The van der Waals surface area contributed by atoms with E-state index in [-0.39, 0.29) is 151 Å².